The Morgan fingerprint density at radius 2 is 1.68 bits per heavy atom. The quantitative estimate of drug-likeness (QED) is 0.588. The molecule has 0 atom stereocenters. The standard InChI is InChI=1S/C25H31BrN4O4/c1-3-34-25(32)30-10-8-28(9-11-30)22(31)17-21-16-18(2)23(19-4-6-20(26)7-5-19)24(27-21)29-12-14-33-15-13-29/h4-7,16H,3,8-15,17H2,1-2H3. The van der Waals surface area contributed by atoms with E-state index in [0.717, 1.165) is 45.8 Å². The van der Waals surface area contributed by atoms with Gasteiger partial charge in [-0.15, -0.1) is 0 Å². The van der Waals surface area contributed by atoms with Crippen molar-refractivity contribution in [2.75, 3.05) is 64.0 Å². The van der Waals surface area contributed by atoms with Crippen LogP contribution >= 0.6 is 15.9 Å². The number of aryl methyl sites for hydroxylation is 1. The lowest BCUT2D eigenvalue weighted by atomic mass is 9.99. The van der Waals surface area contributed by atoms with Gasteiger partial charge in [0, 0.05) is 49.3 Å². The van der Waals surface area contributed by atoms with Crippen LogP contribution in [0.25, 0.3) is 11.1 Å². The van der Waals surface area contributed by atoms with Crippen LogP contribution in [0, 0.1) is 6.92 Å². The number of halogens is 1. The molecular formula is C25H31BrN4O4. The summed E-state index contributed by atoms with van der Waals surface area (Å²) in [5.41, 5.74) is 4.04. The van der Waals surface area contributed by atoms with Crippen LogP contribution in [0.4, 0.5) is 10.6 Å². The summed E-state index contributed by atoms with van der Waals surface area (Å²) in [6.07, 6.45) is -0.0800. The lowest BCUT2D eigenvalue weighted by molar-refractivity contribution is -0.132. The molecule has 2 saturated heterocycles. The SMILES string of the molecule is CCOC(=O)N1CCN(C(=O)Cc2cc(C)c(-c3ccc(Br)cc3)c(N3CCOCC3)n2)CC1. The van der Waals surface area contributed by atoms with Gasteiger partial charge in [0.1, 0.15) is 5.82 Å². The van der Waals surface area contributed by atoms with Crippen LogP contribution in [0.15, 0.2) is 34.8 Å². The lowest BCUT2D eigenvalue weighted by Crippen LogP contribution is -2.51. The van der Waals surface area contributed by atoms with Gasteiger partial charge in [-0.1, -0.05) is 28.1 Å². The molecule has 8 nitrogen and oxygen atoms in total. The zero-order valence-electron chi connectivity index (χ0n) is 19.8. The first kappa shape index (κ1) is 24.5. The van der Waals surface area contributed by atoms with Crippen molar-refractivity contribution in [2.24, 2.45) is 0 Å². The Bertz CT molecular complexity index is 1020. The van der Waals surface area contributed by atoms with Crippen molar-refractivity contribution in [2.45, 2.75) is 20.3 Å². The van der Waals surface area contributed by atoms with E-state index < -0.39 is 0 Å². The molecule has 0 radical (unpaired) electrons. The molecule has 2 amide bonds. The summed E-state index contributed by atoms with van der Waals surface area (Å²) in [6, 6.07) is 10.3. The fourth-order valence-corrected chi connectivity index (χ4v) is 4.67. The number of benzene rings is 1. The molecule has 4 rings (SSSR count). The Labute approximate surface area is 209 Å². The molecule has 0 aliphatic carbocycles. The van der Waals surface area contributed by atoms with E-state index in [9.17, 15) is 9.59 Å². The first-order chi connectivity index (χ1) is 16.5. The molecule has 0 bridgehead atoms. The molecule has 1 aromatic carbocycles. The molecular weight excluding hydrogens is 500 g/mol. The summed E-state index contributed by atoms with van der Waals surface area (Å²) in [6.45, 7) is 9.06. The van der Waals surface area contributed by atoms with E-state index in [1.54, 1.807) is 11.8 Å². The van der Waals surface area contributed by atoms with Crippen molar-refractivity contribution in [1.29, 1.82) is 0 Å². The summed E-state index contributed by atoms with van der Waals surface area (Å²) >= 11 is 3.51. The first-order valence-corrected chi connectivity index (χ1v) is 12.5. The van der Waals surface area contributed by atoms with Crippen LogP contribution in [-0.2, 0) is 20.7 Å². The second kappa shape index (κ2) is 11.2. The highest BCUT2D eigenvalue weighted by atomic mass is 79.9. The maximum atomic E-state index is 13.1. The second-order valence-electron chi connectivity index (χ2n) is 8.48. The molecule has 0 spiro atoms. The number of carbonyl (C=O) groups excluding carboxylic acids is 2. The van der Waals surface area contributed by atoms with Gasteiger partial charge in [0.2, 0.25) is 5.91 Å². The van der Waals surface area contributed by atoms with E-state index in [4.69, 9.17) is 14.5 Å². The van der Waals surface area contributed by atoms with Crippen molar-refractivity contribution in [3.8, 4) is 11.1 Å². The monoisotopic (exact) mass is 530 g/mol. The summed E-state index contributed by atoms with van der Waals surface area (Å²) in [4.78, 5) is 35.7. The zero-order chi connectivity index (χ0) is 24.1. The molecule has 34 heavy (non-hydrogen) atoms. The number of amides is 2. The van der Waals surface area contributed by atoms with E-state index in [1.807, 2.05) is 23.1 Å². The maximum Gasteiger partial charge on any atom is 0.409 e. The van der Waals surface area contributed by atoms with E-state index in [0.29, 0.717) is 46.0 Å². The van der Waals surface area contributed by atoms with Crippen LogP contribution in [0.5, 0.6) is 0 Å². The van der Waals surface area contributed by atoms with E-state index in [2.05, 4.69) is 39.9 Å². The van der Waals surface area contributed by atoms with Crippen molar-refractivity contribution >= 4 is 33.7 Å². The van der Waals surface area contributed by atoms with Crippen LogP contribution in [0.3, 0.4) is 0 Å². The zero-order valence-corrected chi connectivity index (χ0v) is 21.3. The molecule has 182 valence electrons. The van der Waals surface area contributed by atoms with Gasteiger partial charge in [-0.25, -0.2) is 9.78 Å². The molecule has 0 saturated carbocycles. The second-order valence-corrected chi connectivity index (χ2v) is 9.39. The van der Waals surface area contributed by atoms with Gasteiger partial charge in [0.05, 0.1) is 31.9 Å². The highest BCUT2D eigenvalue weighted by Gasteiger charge is 2.26. The summed E-state index contributed by atoms with van der Waals surface area (Å²) in [5, 5.41) is 0. The number of ether oxygens (including phenoxy) is 2. The Hall–Kier alpha value is -2.65. The Morgan fingerprint density at radius 1 is 1.03 bits per heavy atom. The third-order valence-corrected chi connectivity index (χ3v) is 6.71. The fourth-order valence-electron chi connectivity index (χ4n) is 4.41. The normalized spacial score (nSPS) is 16.5. The van der Waals surface area contributed by atoms with Crippen LogP contribution in [0.2, 0.25) is 0 Å². The Balaban J connectivity index is 1.53. The number of morpholine rings is 1. The molecule has 2 aromatic rings. The fraction of sp³-hybridized carbons (Fsp3) is 0.480. The minimum atomic E-state index is -0.314. The number of hydrogen-bond donors (Lipinski definition) is 0. The smallest absolute Gasteiger partial charge is 0.409 e. The summed E-state index contributed by atoms with van der Waals surface area (Å²) in [5.74, 6) is 0.931. The van der Waals surface area contributed by atoms with Crippen molar-refractivity contribution in [3.05, 3.63) is 46.1 Å². The number of piperazine rings is 1. The van der Waals surface area contributed by atoms with Gasteiger partial charge < -0.3 is 24.2 Å². The van der Waals surface area contributed by atoms with Crippen molar-refractivity contribution < 1.29 is 19.1 Å². The Morgan fingerprint density at radius 3 is 2.32 bits per heavy atom. The van der Waals surface area contributed by atoms with Crippen molar-refractivity contribution in [3.63, 3.8) is 0 Å². The summed E-state index contributed by atoms with van der Waals surface area (Å²) < 4.78 is 11.7. The average molecular weight is 531 g/mol. The van der Waals surface area contributed by atoms with Crippen molar-refractivity contribution in [1.82, 2.24) is 14.8 Å². The highest BCUT2D eigenvalue weighted by molar-refractivity contribution is 9.10. The largest absolute Gasteiger partial charge is 0.450 e. The molecule has 0 N–H and O–H groups in total. The molecule has 2 aliphatic heterocycles. The average Bonchev–Trinajstić information content (AvgIpc) is 2.85. The molecule has 2 aliphatic rings. The maximum absolute atomic E-state index is 13.1. The van der Waals surface area contributed by atoms with Gasteiger partial charge in [0.15, 0.2) is 0 Å². The van der Waals surface area contributed by atoms with Gasteiger partial charge in [-0.05, 0) is 43.2 Å². The van der Waals surface area contributed by atoms with E-state index >= 15 is 0 Å². The lowest BCUT2D eigenvalue weighted by Gasteiger charge is -2.34. The number of pyridine rings is 1. The number of anilines is 1. The van der Waals surface area contributed by atoms with Crippen LogP contribution in [-0.4, -0.2) is 85.9 Å². The van der Waals surface area contributed by atoms with E-state index in [1.165, 1.54) is 0 Å². The molecule has 1 aromatic heterocycles. The van der Waals surface area contributed by atoms with E-state index in [-0.39, 0.29) is 18.4 Å². The topological polar surface area (TPSA) is 75.2 Å². The number of hydrogen-bond acceptors (Lipinski definition) is 6. The number of nitrogens with zero attached hydrogens (tertiary/aromatic N) is 4. The number of aromatic nitrogens is 1. The van der Waals surface area contributed by atoms with Crippen LogP contribution in [0.1, 0.15) is 18.2 Å². The van der Waals surface area contributed by atoms with Gasteiger partial charge in [0.25, 0.3) is 0 Å². The molecule has 9 heteroatoms. The summed E-state index contributed by atoms with van der Waals surface area (Å²) in [7, 11) is 0. The van der Waals surface area contributed by atoms with Gasteiger partial charge in [-0.3, -0.25) is 4.79 Å². The molecule has 3 heterocycles. The minimum Gasteiger partial charge on any atom is -0.450 e. The van der Waals surface area contributed by atoms with Gasteiger partial charge >= 0.3 is 6.09 Å². The number of rotatable bonds is 5. The Kier molecular flexibility index (Phi) is 8.05. The third kappa shape index (κ3) is 5.70. The van der Waals surface area contributed by atoms with Crippen LogP contribution < -0.4 is 4.90 Å². The highest BCUT2D eigenvalue weighted by Crippen LogP contribution is 2.34. The number of carbonyl (C=O) groups is 2. The molecule has 0 unspecified atom stereocenters. The first-order valence-electron chi connectivity index (χ1n) is 11.7. The third-order valence-electron chi connectivity index (χ3n) is 6.18. The predicted molar refractivity (Wildman–Crippen MR) is 134 cm³/mol. The predicted octanol–water partition coefficient (Wildman–Crippen LogP) is 3.50. The minimum absolute atomic E-state index is 0.0275. The molecule has 2 fully saturated rings. The van der Waals surface area contributed by atoms with Gasteiger partial charge in [-0.2, -0.15) is 0 Å².